The van der Waals surface area contributed by atoms with Crippen LogP contribution >= 0.6 is 23.4 Å². The zero-order chi connectivity index (χ0) is 16.9. The lowest BCUT2D eigenvalue weighted by Gasteiger charge is -2.09. The predicted octanol–water partition coefficient (Wildman–Crippen LogP) is 4.19. The second-order valence-electron chi connectivity index (χ2n) is 4.99. The van der Waals surface area contributed by atoms with E-state index in [1.165, 1.54) is 11.8 Å². The molecular weight excluding hydrogens is 344 g/mol. The third-order valence-corrected chi connectivity index (χ3v) is 4.84. The van der Waals surface area contributed by atoms with Gasteiger partial charge in [-0.15, -0.1) is 0 Å². The fourth-order valence-electron chi connectivity index (χ4n) is 2.22. The standard InChI is InChI=1S/C18H15ClN2O2S/c1-23-15-7-4-6-14(11-15)21-10-9-20-17(18(21)22)24-12-13-5-2-3-8-16(13)19/h2-11H,12H2,1H3. The highest BCUT2D eigenvalue weighted by molar-refractivity contribution is 7.98. The number of benzene rings is 2. The molecule has 1 aromatic heterocycles. The molecule has 0 aliphatic carbocycles. The molecule has 0 aliphatic heterocycles. The molecule has 4 nitrogen and oxygen atoms in total. The normalized spacial score (nSPS) is 10.6. The maximum absolute atomic E-state index is 12.7. The van der Waals surface area contributed by atoms with Crippen LogP contribution in [0.4, 0.5) is 0 Å². The predicted molar refractivity (Wildman–Crippen MR) is 97.4 cm³/mol. The largest absolute Gasteiger partial charge is 0.497 e. The van der Waals surface area contributed by atoms with Gasteiger partial charge in [0.1, 0.15) is 5.75 Å². The number of ether oxygens (including phenoxy) is 1. The second-order valence-corrected chi connectivity index (χ2v) is 6.36. The minimum absolute atomic E-state index is 0.164. The molecule has 3 rings (SSSR count). The molecule has 0 spiro atoms. The molecule has 0 atom stereocenters. The van der Waals surface area contributed by atoms with E-state index in [-0.39, 0.29) is 5.56 Å². The monoisotopic (exact) mass is 358 g/mol. The van der Waals surface area contributed by atoms with Crippen LogP contribution in [0.3, 0.4) is 0 Å². The summed E-state index contributed by atoms with van der Waals surface area (Å²) in [5, 5.41) is 1.12. The maximum Gasteiger partial charge on any atom is 0.287 e. The minimum Gasteiger partial charge on any atom is -0.497 e. The molecule has 0 aliphatic rings. The number of halogens is 1. The van der Waals surface area contributed by atoms with E-state index in [2.05, 4.69) is 4.98 Å². The first-order valence-electron chi connectivity index (χ1n) is 7.27. The van der Waals surface area contributed by atoms with Crippen LogP contribution in [0, 0.1) is 0 Å². The SMILES string of the molecule is COc1cccc(-n2ccnc(SCc3ccccc3Cl)c2=O)c1. The molecule has 24 heavy (non-hydrogen) atoms. The highest BCUT2D eigenvalue weighted by Gasteiger charge is 2.09. The average Bonchev–Trinajstić information content (AvgIpc) is 2.62. The summed E-state index contributed by atoms with van der Waals surface area (Å²) in [5.41, 5.74) is 1.55. The van der Waals surface area contributed by atoms with E-state index >= 15 is 0 Å². The average molecular weight is 359 g/mol. The van der Waals surface area contributed by atoms with Crippen molar-refractivity contribution >= 4 is 23.4 Å². The van der Waals surface area contributed by atoms with Crippen LogP contribution in [-0.2, 0) is 5.75 Å². The van der Waals surface area contributed by atoms with Gasteiger partial charge in [0.25, 0.3) is 5.56 Å². The van der Waals surface area contributed by atoms with E-state index in [1.54, 1.807) is 24.1 Å². The number of thioether (sulfide) groups is 1. The summed E-state index contributed by atoms with van der Waals surface area (Å²) in [7, 11) is 1.60. The lowest BCUT2D eigenvalue weighted by atomic mass is 10.2. The molecule has 2 aromatic carbocycles. The van der Waals surface area contributed by atoms with Gasteiger partial charge in [-0.05, 0) is 23.8 Å². The van der Waals surface area contributed by atoms with E-state index in [0.717, 1.165) is 11.3 Å². The number of methoxy groups -OCH3 is 1. The second kappa shape index (κ2) is 7.55. The van der Waals surface area contributed by atoms with Gasteiger partial charge >= 0.3 is 0 Å². The Bertz CT molecular complexity index is 911. The summed E-state index contributed by atoms with van der Waals surface area (Å²) in [6.07, 6.45) is 3.27. The van der Waals surface area contributed by atoms with Crippen LogP contribution in [0.15, 0.2) is 70.7 Å². The molecule has 3 aromatic rings. The van der Waals surface area contributed by atoms with Crippen molar-refractivity contribution in [1.82, 2.24) is 9.55 Å². The molecule has 1 heterocycles. The first kappa shape index (κ1) is 16.6. The van der Waals surface area contributed by atoms with Crippen molar-refractivity contribution in [3.63, 3.8) is 0 Å². The molecule has 0 fully saturated rings. The molecule has 0 radical (unpaired) electrons. The van der Waals surface area contributed by atoms with Crippen molar-refractivity contribution in [2.75, 3.05) is 7.11 Å². The van der Waals surface area contributed by atoms with Crippen LogP contribution in [0.2, 0.25) is 5.02 Å². The van der Waals surface area contributed by atoms with Crippen LogP contribution in [0.25, 0.3) is 5.69 Å². The third-order valence-electron chi connectivity index (χ3n) is 3.46. The van der Waals surface area contributed by atoms with E-state index in [1.807, 2.05) is 48.5 Å². The van der Waals surface area contributed by atoms with E-state index in [9.17, 15) is 4.79 Å². The summed E-state index contributed by atoms with van der Waals surface area (Å²) in [6.45, 7) is 0. The Hall–Kier alpha value is -2.24. The van der Waals surface area contributed by atoms with Gasteiger partial charge in [0.15, 0.2) is 5.03 Å². The summed E-state index contributed by atoms with van der Waals surface area (Å²) in [4.78, 5) is 16.9. The zero-order valence-corrected chi connectivity index (χ0v) is 14.6. The Morgan fingerprint density at radius 3 is 2.83 bits per heavy atom. The van der Waals surface area contributed by atoms with Crippen molar-refractivity contribution in [3.05, 3.63) is 81.9 Å². The van der Waals surface area contributed by atoms with Gasteiger partial charge < -0.3 is 4.74 Å². The van der Waals surface area contributed by atoms with Gasteiger partial charge in [-0.1, -0.05) is 47.6 Å². The summed E-state index contributed by atoms with van der Waals surface area (Å²) in [6, 6.07) is 14.9. The first-order valence-corrected chi connectivity index (χ1v) is 8.63. The van der Waals surface area contributed by atoms with E-state index in [4.69, 9.17) is 16.3 Å². The third kappa shape index (κ3) is 3.63. The van der Waals surface area contributed by atoms with Gasteiger partial charge in [-0.2, -0.15) is 0 Å². The van der Waals surface area contributed by atoms with Gasteiger partial charge in [0, 0.05) is 29.2 Å². The molecule has 122 valence electrons. The fourth-order valence-corrected chi connectivity index (χ4v) is 3.40. The molecule has 0 saturated carbocycles. The van der Waals surface area contributed by atoms with Crippen molar-refractivity contribution in [1.29, 1.82) is 0 Å². The molecule has 0 N–H and O–H groups in total. The van der Waals surface area contributed by atoms with Crippen molar-refractivity contribution in [2.45, 2.75) is 10.8 Å². The number of hydrogen-bond donors (Lipinski definition) is 0. The Morgan fingerprint density at radius 2 is 2.04 bits per heavy atom. The highest BCUT2D eigenvalue weighted by atomic mass is 35.5. The number of nitrogens with zero attached hydrogens (tertiary/aromatic N) is 2. The van der Waals surface area contributed by atoms with Gasteiger partial charge in [-0.25, -0.2) is 4.98 Å². The molecule has 0 amide bonds. The molecule has 0 unspecified atom stereocenters. The molecule has 6 heteroatoms. The van der Waals surface area contributed by atoms with Gasteiger partial charge in [0.2, 0.25) is 0 Å². The number of rotatable bonds is 5. The molecule has 0 saturated heterocycles. The lowest BCUT2D eigenvalue weighted by Crippen LogP contribution is -2.20. The minimum atomic E-state index is -0.164. The first-order chi connectivity index (χ1) is 11.7. The lowest BCUT2D eigenvalue weighted by molar-refractivity contribution is 0.414. The van der Waals surface area contributed by atoms with Crippen molar-refractivity contribution in [2.24, 2.45) is 0 Å². The number of hydrogen-bond acceptors (Lipinski definition) is 4. The highest BCUT2D eigenvalue weighted by Crippen LogP contribution is 2.24. The smallest absolute Gasteiger partial charge is 0.287 e. The van der Waals surface area contributed by atoms with Crippen LogP contribution < -0.4 is 10.3 Å². The zero-order valence-electron chi connectivity index (χ0n) is 13.0. The maximum atomic E-state index is 12.7. The molecular formula is C18H15ClN2O2S. The molecule has 0 bridgehead atoms. The van der Waals surface area contributed by atoms with Gasteiger partial charge in [0.05, 0.1) is 12.8 Å². The van der Waals surface area contributed by atoms with Gasteiger partial charge in [-0.3, -0.25) is 9.36 Å². The Morgan fingerprint density at radius 1 is 1.21 bits per heavy atom. The van der Waals surface area contributed by atoms with E-state index < -0.39 is 0 Å². The van der Waals surface area contributed by atoms with E-state index in [0.29, 0.717) is 21.6 Å². The van der Waals surface area contributed by atoms with Crippen LogP contribution in [-0.4, -0.2) is 16.7 Å². The Labute approximate surface area is 149 Å². The Balaban J connectivity index is 1.88. The topological polar surface area (TPSA) is 44.1 Å². The summed E-state index contributed by atoms with van der Waals surface area (Å²) in [5.74, 6) is 1.28. The summed E-state index contributed by atoms with van der Waals surface area (Å²) >= 11 is 7.53. The summed E-state index contributed by atoms with van der Waals surface area (Å²) < 4.78 is 6.77. The number of aromatic nitrogens is 2. The quantitative estimate of drug-likeness (QED) is 0.641. The van der Waals surface area contributed by atoms with Crippen molar-refractivity contribution in [3.8, 4) is 11.4 Å². The van der Waals surface area contributed by atoms with Crippen LogP contribution in [0.1, 0.15) is 5.56 Å². The van der Waals surface area contributed by atoms with Crippen molar-refractivity contribution < 1.29 is 4.74 Å². The Kier molecular flexibility index (Phi) is 5.23. The van der Waals surface area contributed by atoms with Crippen LogP contribution in [0.5, 0.6) is 5.75 Å². The fraction of sp³-hybridized carbons (Fsp3) is 0.111.